The molecular formula is C7H12N2O2. The molecule has 0 saturated carbocycles. The molecule has 0 amide bonds. The third-order valence-corrected chi connectivity index (χ3v) is 2.75. The van der Waals surface area contributed by atoms with Crippen molar-refractivity contribution < 1.29 is 4.92 Å². The summed E-state index contributed by atoms with van der Waals surface area (Å²) in [5, 5.41) is 13.8. The molecule has 2 unspecified atom stereocenters. The quantitative estimate of drug-likeness (QED) is 0.445. The molecule has 4 nitrogen and oxygen atoms in total. The van der Waals surface area contributed by atoms with Gasteiger partial charge < -0.3 is 5.32 Å². The van der Waals surface area contributed by atoms with E-state index in [1.165, 1.54) is 0 Å². The van der Waals surface area contributed by atoms with E-state index in [1.807, 2.05) is 0 Å². The molecule has 2 aliphatic heterocycles. The van der Waals surface area contributed by atoms with E-state index in [-0.39, 0.29) is 11.0 Å². The fourth-order valence-corrected chi connectivity index (χ4v) is 2.20. The highest BCUT2D eigenvalue weighted by Crippen LogP contribution is 2.27. The van der Waals surface area contributed by atoms with Gasteiger partial charge in [0.1, 0.15) is 0 Å². The van der Waals surface area contributed by atoms with Crippen LogP contribution in [-0.4, -0.2) is 23.0 Å². The lowest BCUT2D eigenvalue weighted by atomic mass is 10.0. The number of hydrogen-bond donors (Lipinski definition) is 1. The zero-order valence-electron chi connectivity index (χ0n) is 6.32. The minimum absolute atomic E-state index is 0.119. The van der Waals surface area contributed by atoms with Crippen LogP contribution in [-0.2, 0) is 0 Å². The minimum atomic E-state index is -0.270. The van der Waals surface area contributed by atoms with Crippen LogP contribution in [0.4, 0.5) is 0 Å². The summed E-state index contributed by atoms with van der Waals surface area (Å²) in [5.41, 5.74) is 0. The first-order valence-electron chi connectivity index (χ1n) is 4.15. The second kappa shape index (κ2) is 2.44. The Morgan fingerprint density at radius 1 is 1.27 bits per heavy atom. The number of piperidine rings is 1. The summed E-state index contributed by atoms with van der Waals surface area (Å²) in [6, 6.07) is 0.599. The van der Waals surface area contributed by atoms with E-state index in [4.69, 9.17) is 0 Å². The van der Waals surface area contributed by atoms with Gasteiger partial charge in [0, 0.05) is 29.8 Å². The maximum Gasteiger partial charge on any atom is 0.216 e. The second-order valence-corrected chi connectivity index (χ2v) is 3.55. The highest BCUT2D eigenvalue weighted by Gasteiger charge is 2.38. The van der Waals surface area contributed by atoms with Crippen LogP contribution >= 0.6 is 0 Å². The van der Waals surface area contributed by atoms with E-state index in [9.17, 15) is 10.1 Å². The van der Waals surface area contributed by atoms with E-state index in [0.29, 0.717) is 12.1 Å². The molecule has 0 aromatic heterocycles. The zero-order valence-corrected chi connectivity index (χ0v) is 6.32. The largest absolute Gasteiger partial charge is 0.311 e. The molecule has 2 saturated heterocycles. The molecule has 0 spiro atoms. The number of rotatable bonds is 1. The lowest BCUT2D eigenvalue weighted by Gasteiger charge is -2.23. The van der Waals surface area contributed by atoms with Gasteiger partial charge in [-0.25, -0.2) is 0 Å². The van der Waals surface area contributed by atoms with Crippen molar-refractivity contribution in [3.63, 3.8) is 0 Å². The van der Waals surface area contributed by atoms with Crippen molar-refractivity contribution in [2.45, 2.75) is 43.8 Å². The van der Waals surface area contributed by atoms with Gasteiger partial charge in [-0.3, -0.25) is 10.1 Å². The van der Waals surface area contributed by atoms with Gasteiger partial charge in [-0.2, -0.15) is 0 Å². The lowest BCUT2D eigenvalue weighted by molar-refractivity contribution is -0.526. The molecule has 0 aromatic carbocycles. The molecule has 62 valence electrons. The van der Waals surface area contributed by atoms with Crippen molar-refractivity contribution in [3.8, 4) is 0 Å². The number of hydrogen-bond acceptors (Lipinski definition) is 3. The number of nitro groups is 1. The van der Waals surface area contributed by atoms with E-state index < -0.39 is 0 Å². The zero-order chi connectivity index (χ0) is 7.84. The van der Waals surface area contributed by atoms with Crippen LogP contribution in [0, 0.1) is 10.1 Å². The van der Waals surface area contributed by atoms with Crippen molar-refractivity contribution in [2.75, 3.05) is 0 Å². The van der Waals surface area contributed by atoms with Crippen LogP contribution in [0.15, 0.2) is 0 Å². The Morgan fingerprint density at radius 3 is 2.27 bits per heavy atom. The summed E-state index contributed by atoms with van der Waals surface area (Å²) in [5.74, 6) is 0. The van der Waals surface area contributed by atoms with Gasteiger partial charge >= 0.3 is 0 Å². The molecule has 11 heavy (non-hydrogen) atoms. The highest BCUT2D eigenvalue weighted by molar-refractivity contribution is 4.92. The molecule has 2 rings (SSSR count). The van der Waals surface area contributed by atoms with Gasteiger partial charge in [0.05, 0.1) is 0 Å². The van der Waals surface area contributed by atoms with E-state index in [1.54, 1.807) is 0 Å². The summed E-state index contributed by atoms with van der Waals surface area (Å²) in [6.45, 7) is 0. The lowest BCUT2D eigenvalue weighted by Crippen LogP contribution is -2.43. The third-order valence-electron chi connectivity index (χ3n) is 2.75. The predicted molar refractivity (Wildman–Crippen MR) is 40.0 cm³/mol. The first-order valence-corrected chi connectivity index (χ1v) is 4.15. The van der Waals surface area contributed by atoms with Crippen molar-refractivity contribution in [1.82, 2.24) is 5.32 Å². The summed E-state index contributed by atoms with van der Waals surface area (Å²) in [4.78, 5) is 10.3. The minimum Gasteiger partial charge on any atom is -0.311 e. The third kappa shape index (κ3) is 1.22. The fraction of sp³-hybridized carbons (Fsp3) is 1.00. The molecule has 2 aliphatic rings. The monoisotopic (exact) mass is 156 g/mol. The number of fused-ring (bicyclic) bond motifs is 2. The average Bonchev–Trinajstić information content (AvgIpc) is 2.30. The molecule has 2 bridgehead atoms. The van der Waals surface area contributed by atoms with Crippen molar-refractivity contribution in [1.29, 1.82) is 0 Å². The molecule has 0 aromatic rings. The van der Waals surface area contributed by atoms with Gasteiger partial charge in [-0.1, -0.05) is 0 Å². The topological polar surface area (TPSA) is 55.2 Å². The Morgan fingerprint density at radius 2 is 1.82 bits per heavy atom. The highest BCUT2D eigenvalue weighted by atomic mass is 16.6. The normalized spacial score (nSPS) is 42.4. The van der Waals surface area contributed by atoms with Gasteiger partial charge in [-0.15, -0.1) is 0 Å². The maximum absolute atomic E-state index is 10.5. The Kier molecular flexibility index (Phi) is 1.56. The van der Waals surface area contributed by atoms with Gasteiger partial charge in [-0.05, 0) is 12.8 Å². The van der Waals surface area contributed by atoms with E-state index >= 15 is 0 Å². The molecular weight excluding hydrogens is 144 g/mol. The predicted octanol–water partition coefficient (Wildman–Crippen LogP) is 0.546. The van der Waals surface area contributed by atoms with Crippen LogP contribution in [0.2, 0.25) is 0 Å². The van der Waals surface area contributed by atoms with Crippen molar-refractivity contribution in [2.24, 2.45) is 0 Å². The molecule has 1 N–H and O–H groups in total. The Balaban J connectivity index is 2.02. The maximum atomic E-state index is 10.5. The average molecular weight is 156 g/mol. The second-order valence-electron chi connectivity index (χ2n) is 3.55. The number of nitrogens with one attached hydrogen (secondary N) is 1. The molecule has 2 heterocycles. The Labute approximate surface area is 65.1 Å². The number of nitrogens with zero attached hydrogens (tertiary/aromatic N) is 1. The van der Waals surface area contributed by atoms with Crippen molar-refractivity contribution in [3.05, 3.63) is 10.1 Å². The molecule has 0 radical (unpaired) electrons. The molecule has 2 atom stereocenters. The Bertz CT molecular complexity index is 171. The molecule has 2 fully saturated rings. The van der Waals surface area contributed by atoms with Crippen LogP contribution in [0.1, 0.15) is 25.7 Å². The first kappa shape index (κ1) is 7.03. The van der Waals surface area contributed by atoms with Gasteiger partial charge in [0.25, 0.3) is 0 Å². The van der Waals surface area contributed by atoms with Gasteiger partial charge in [0.2, 0.25) is 6.04 Å². The molecule has 0 aliphatic carbocycles. The summed E-state index contributed by atoms with van der Waals surface area (Å²) in [6.07, 6.45) is 3.75. The van der Waals surface area contributed by atoms with Gasteiger partial charge in [0.15, 0.2) is 0 Å². The van der Waals surface area contributed by atoms with Crippen LogP contribution in [0.25, 0.3) is 0 Å². The first-order chi connectivity index (χ1) is 5.25. The van der Waals surface area contributed by atoms with E-state index in [2.05, 4.69) is 5.32 Å². The van der Waals surface area contributed by atoms with Crippen LogP contribution < -0.4 is 5.32 Å². The SMILES string of the molecule is O=[N+]([O-])C1CC2CCC(C1)N2. The van der Waals surface area contributed by atoms with E-state index in [0.717, 1.165) is 25.7 Å². The fourth-order valence-electron chi connectivity index (χ4n) is 2.20. The Hall–Kier alpha value is -0.640. The summed E-state index contributed by atoms with van der Waals surface area (Å²) in [7, 11) is 0. The summed E-state index contributed by atoms with van der Waals surface area (Å²) >= 11 is 0. The standard InChI is InChI=1S/C7H12N2O2/c10-9(11)7-3-5-1-2-6(4-7)8-5/h5-8H,1-4H2. The van der Waals surface area contributed by atoms with Crippen LogP contribution in [0.5, 0.6) is 0 Å². The smallest absolute Gasteiger partial charge is 0.216 e. The van der Waals surface area contributed by atoms with Crippen molar-refractivity contribution >= 4 is 0 Å². The molecule has 4 heteroatoms. The van der Waals surface area contributed by atoms with Crippen LogP contribution in [0.3, 0.4) is 0 Å². The summed E-state index contributed by atoms with van der Waals surface area (Å²) < 4.78 is 0.